The molecule has 1 aromatic heterocycles. The van der Waals surface area contributed by atoms with Crippen molar-refractivity contribution in [3.05, 3.63) is 29.3 Å². The lowest BCUT2D eigenvalue weighted by Crippen LogP contribution is -2.34. The molecule has 0 radical (unpaired) electrons. The Balaban J connectivity index is 2.03. The monoisotopic (exact) mass is 394 g/mol. The van der Waals surface area contributed by atoms with Crippen molar-refractivity contribution in [2.45, 2.75) is 39.8 Å². The first kappa shape index (κ1) is 19.9. The molecule has 0 aliphatic carbocycles. The van der Waals surface area contributed by atoms with E-state index in [1.165, 1.54) is 0 Å². The summed E-state index contributed by atoms with van der Waals surface area (Å²) >= 11 is 11.2. The molecule has 2 rings (SSSR count). The summed E-state index contributed by atoms with van der Waals surface area (Å²) in [5, 5.41) is 10.3. The number of aromatic nitrogens is 3. The lowest BCUT2D eigenvalue weighted by atomic mass is 10.3. The van der Waals surface area contributed by atoms with Crippen LogP contribution in [0.25, 0.3) is 0 Å². The summed E-state index contributed by atoms with van der Waals surface area (Å²) in [5.74, 6) is 1.27. The molecule has 140 valence electrons. The molecule has 2 aromatic rings. The van der Waals surface area contributed by atoms with E-state index in [4.69, 9.17) is 23.8 Å². The first-order valence-electron chi connectivity index (χ1n) is 8.19. The SMILES string of the molecule is CC(C)Nc1nc(NNC(=S)Nc2cccc(Cl)c2)nc(NC(C)C)n1. The number of nitrogens with zero attached hydrogens (tertiary/aromatic N) is 3. The molecule has 0 saturated heterocycles. The van der Waals surface area contributed by atoms with Crippen LogP contribution in [0.1, 0.15) is 27.7 Å². The number of hydrazine groups is 1. The Hall–Kier alpha value is -2.39. The maximum Gasteiger partial charge on any atom is 0.248 e. The van der Waals surface area contributed by atoms with Crippen LogP contribution in [0.5, 0.6) is 0 Å². The van der Waals surface area contributed by atoms with Gasteiger partial charge in [-0.2, -0.15) is 15.0 Å². The Morgan fingerprint density at radius 3 is 2.08 bits per heavy atom. The van der Waals surface area contributed by atoms with E-state index in [9.17, 15) is 0 Å². The second kappa shape index (κ2) is 9.35. The Morgan fingerprint density at radius 2 is 1.54 bits per heavy atom. The third-order valence-electron chi connectivity index (χ3n) is 2.84. The average molecular weight is 395 g/mol. The van der Waals surface area contributed by atoms with Crippen molar-refractivity contribution in [1.82, 2.24) is 20.4 Å². The topological polar surface area (TPSA) is 98.8 Å². The molecule has 5 N–H and O–H groups in total. The molecule has 26 heavy (non-hydrogen) atoms. The zero-order valence-electron chi connectivity index (χ0n) is 15.1. The van der Waals surface area contributed by atoms with E-state index in [0.717, 1.165) is 5.69 Å². The first-order chi connectivity index (χ1) is 12.3. The summed E-state index contributed by atoms with van der Waals surface area (Å²) in [5.41, 5.74) is 6.50. The van der Waals surface area contributed by atoms with E-state index in [0.29, 0.717) is 28.0 Å². The van der Waals surface area contributed by atoms with Gasteiger partial charge < -0.3 is 16.0 Å². The summed E-state index contributed by atoms with van der Waals surface area (Å²) in [6.45, 7) is 8.03. The van der Waals surface area contributed by atoms with Gasteiger partial charge in [0.1, 0.15) is 0 Å². The lowest BCUT2D eigenvalue weighted by molar-refractivity contribution is 0.842. The molecule has 0 aliphatic rings. The molecule has 0 atom stereocenters. The third-order valence-corrected chi connectivity index (χ3v) is 3.28. The molecular weight excluding hydrogens is 372 g/mol. The van der Waals surface area contributed by atoms with Gasteiger partial charge in [-0.3, -0.25) is 10.9 Å². The van der Waals surface area contributed by atoms with E-state index in [1.807, 2.05) is 39.8 Å². The standard InChI is InChI=1S/C16H23ClN8S/c1-9(2)18-13-21-14(19-10(3)4)23-15(22-13)24-25-16(26)20-12-7-5-6-11(17)8-12/h5-10H,1-4H3,(H2,20,25,26)(H3,18,19,21,22,23,24). The highest BCUT2D eigenvalue weighted by Gasteiger charge is 2.09. The van der Waals surface area contributed by atoms with Crippen molar-refractivity contribution in [2.24, 2.45) is 0 Å². The maximum atomic E-state index is 5.96. The van der Waals surface area contributed by atoms with Crippen molar-refractivity contribution in [1.29, 1.82) is 0 Å². The van der Waals surface area contributed by atoms with Gasteiger partial charge in [-0.15, -0.1) is 0 Å². The molecule has 1 aromatic carbocycles. The number of hydrogen-bond acceptors (Lipinski definition) is 7. The number of benzene rings is 1. The van der Waals surface area contributed by atoms with Crippen molar-refractivity contribution >= 4 is 52.5 Å². The Bertz CT molecular complexity index is 725. The van der Waals surface area contributed by atoms with E-state index in [-0.39, 0.29) is 12.1 Å². The minimum Gasteiger partial charge on any atom is -0.352 e. The molecule has 1 heterocycles. The van der Waals surface area contributed by atoms with Crippen LogP contribution < -0.4 is 26.8 Å². The van der Waals surface area contributed by atoms with Crippen LogP contribution in [-0.4, -0.2) is 32.1 Å². The highest BCUT2D eigenvalue weighted by molar-refractivity contribution is 7.80. The van der Waals surface area contributed by atoms with Crippen LogP contribution in [0.2, 0.25) is 5.02 Å². The molecular formula is C16H23ClN8S. The third kappa shape index (κ3) is 6.85. The number of anilines is 4. The molecule has 0 aliphatic heterocycles. The van der Waals surface area contributed by atoms with Crippen molar-refractivity contribution < 1.29 is 0 Å². The molecule has 0 unspecified atom stereocenters. The molecule has 10 heteroatoms. The summed E-state index contributed by atoms with van der Waals surface area (Å²) in [7, 11) is 0. The minimum absolute atomic E-state index is 0.190. The molecule has 0 fully saturated rings. The van der Waals surface area contributed by atoms with Gasteiger partial charge in [0.15, 0.2) is 5.11 Å². The maximum absolute atomic E-state index is 5.96. The fourth-order valence-corrected chi connectivity index (χ4v) is 2.28. The molecule has 8 nitrogen and oxygen atoms in total. The van der Waals surface area contributed by atoms with Gasteiger partial charge in [0, 0.05) is 22.8 Å². The van der Waals surface area contributed by atoms with Gasteiger partial charge in [0.25, 0.3) is 0 Å². The predicted molar refractivity (Wildman–Crippen MR) is 112 cm³/mol. The second-order valence-electron chi connectivity index (χ2n) is 6.12. The van der Waals surface area contributed by atoms with Gasteiger partial charge in [-0.25, -0.2) is 0 Å². The highest BCUT2D eigenvalue weighted by atomic mass is 35.5. The molecule has 0 amide bonds. The van der Waals surface area contributed by atoms with E-state index >= 15 is 0 Å². The first-order valence-corrected chi connectivity index (χ1v) is 8.98. The normalized spacial score (nSPS) is 10.6. The Morgan fingerprint density at radius 1 is 0.962 bits per heavy atom. The number of hydrogen-bond donors (Lipinski definition) is 5. The van der Waals surface area contributed by atoms with Gasteiger partial charge in [-0.05, 0) is 58.1 Å². The fourth-order valence-electron chi connectivity index (χ4n) is 1.92. The highest BCUT2D eigenvalue weighted by Crippen LogP contribution is 2.15. The Labute approximate surface area is 163 Å². The minimum atomic E-state index is 0.190. The van der Waals surface area contributed by atoms with Gasteiger partial charge in [-0.1, -0.05) is 17.7 Å². The van der Waals surface area contributed by atoms with Crippen molar-refractivity contribution in [3.63, 3.8) is 0 Å². The Kier molecular flexibility index (Phi) is 7.16. The number of thiocarbonyl (C=S) groups is 1. The molecule has 0 bridgehead atoms. The van der Waals surface area contributed by atoms with Gasteiger partial charge in [0.05, 0.1) is 0 Å². The fraction of sp³-hybridized carbons (Fsp3) is 0.375. The summed E-state index contributed by atoms with van der Waals surface area (Å²) in [6.07, 6.45) is 0. The van der Waals surface area contributed by atoms with Crippen LogP contribution in [0, 0.1) is 0 Å². The molecule has 0 spiro atoms. The zero-order chi connectivity index (χ0) is 19.1. The van der Waals surface area contributed by atoms with E-state index in [2.05, 4.69) is 41.8 Å². The van der Waals surface area contributed by atoms with Crippen LogP contribution in [-0.2, 0) is 0 Å². The van der Waals surface area contributed by atoms with Crippen molar-refractivity contribution in [2.75, 3.05) is 21.4 Å². The zero-order valence-corrected chi connectivity index (χ0v) is 16.7. The largest absolute Gasteiger partial charge is 0.352 e. The van der Waals surface area contributed by atoms with Gasteiger partial charge >= 0.3 is 0 Å². The van der Waals surface area contributed by atoms with Gasteiger partial charge in [0.2, 0.25) is 17.8 Å². The van der Waals surface area contributed by atoms with E-state index < -0.39 is 0 Å². The van der Waals surface area contributed by atoms with Crippen LogP contribution in [0.3, 0.4) is 0 Å². The lowest BCUT2D eigenvalue weighted by Gasteiger charge is -2.15. The summed E-state index contributed by atoms with van der Waals surface area (Å²) in [4.78, 5) is 13.0. The van der Waals surface area contributed by atoms with E-state index in [1.54, 1.807) is 12.1 Å². The average Bonchev–Trinajstić information content (AvgIpc) is 2.51. The summed E-state index contributed by atoms with van der Waals surface area (Å²) < 4.78 is 0. The summed E-state index contributed by atoms with van der Waals surface area (Å²) in [6, 6.07) is 7.64. The number of nitrogens with one attached hydrogen (secondary N) is 5. The quantitative estimate of drug-likeness (QED) is 0.357. The van der Waals surface area contributed by atoms with Crippen LogP contribution in [0.15, 0.2) is 24.3 Å². The van der Waals surface area contributed by atoms with Crippen molar-refractivity contribution in [3.8, 4) is 0 Å². The predicted octanol–water partition coefficient (Wildman–Crippen LogP) is 3.48. The van der Waals surface area contributed by atoms with Crippen LogP contribution >= 0.6 is 23.8 Å². The number of halogens is 1. The second-order valence-corrected chi connectivity index (χ2v) is 6.96. The van der Waals surface area contributed by atoms with Crippen LogP contribution in [0.4, 0.5) is 23.5 Å². The molecule has 0 saturated carbocycles. The number of rotatable bonds is 7. The smallest absolute Gasteiger partial charge is 0.248 e.